The van der Waals surface area contributed by atoms with Crippen molar-refractivity contribution in [3.8, 4) is 0 Å². The van der Waals surface area contributed by atoms with Gasteiger partial charge in [-0.3, -0.25) is 9.59 Å². The largest absolute Gasteiger partial charge is 0.353 e. The fourth-order valence-corrected chi connectivity index (χ4v) is 3.54. The molecule has 2 amide bonds. The number of rotatable bonds is 11. The fourth-order valence-electron chi connectivity index (χ4n) is 2.72. The van der Waals surface area contributed by atoms with E-state index in [2.05, 4.69) is 22.8 Å². The van der Waals surface area contributed by atoms with E-state index in [-0.39, 0.29) is 11.8 Å². The van der Waals surface area contributed by atoms with Crippen molar-refractivity contribution in [1.82, 2.24) is 10.6 Å². The monoisotopic (exact) mass is 384 g/mol. The minimum Gasteiger partial charge on any atom is -0.353 e. The zero-order valence-electron chi connectivity index (χ0n) is 15.8. The molecule has 5 heteroatoms. The summed E-state index contributed by atoms with van der Waals surface area (Å²) < 4.78 is 0. The maximum atomic E-state index is 12.4. The predicted molar refractivity (Wildman–Crippen MR) is 113 cm³/mol. The van der Waals surface area contributed by atoms with Gasteiger partial charge in [0, 0.05) is 18.1 Å². The first-order valence-electron chi connectivity index (χ1n) is 9.41. The quantitative estimate of drug-likeness (QED) is 0.583. The van der Waals surface area contributed by atoms with Gasteiger partial charge in [-0.2, -0.15) is 11.8 Å². The molecule has 0 fully saturated rings. The second-order valence-electron chi connectivity index (χ2n) is 6.40. The van der Waals surface area contributed by atoms with Crippen LogP contribution >= 0.6 is 11.8 Å². The van der Waals surface area contributed by atoms with Crippen LogP contribution in [0.4, 0.5) is 0 Å². The Morgan fingerprint density at radius 3 is 2.22 bits per heavy atom. The van der Waals surface area contributed by atoms with Crippen LogP contribution < -0.4 is 10.6 Å². The van der Waals surface area contributed by atoms with E-state index in [0.717, 1.165) is 23.5 Å². The Morgan fingerprint density at radius 1 is 0.963 bits per heavy atom. The van der Waals surface area contributed by atoms with E-state index in [1.54, 1.807) is 11.8 Å². The summed E-state index contributed by atoms with van der Waals surface area (Å²) >= 11 is 1.79. The summed E-state index contributed by atoms with van der Waals surface area (Å²) in [5.41, 5.74) is 2.23. The van der Waals surface area contributed by atoms with Gasteiger partial charge in [0.2, 0.25) is 11.8 Å². The van der Waals surface area contributed by atoms with Gasteiger partial charge in [0.15, 0.2) is 0 Å². The zero-order chi connectivity index (χ0) is 19.3. The van der Waals surface area contributed by atoms with Gasteiger partial charge < -0.3 is 10.6 Å². The van der Waals surface area contributed by atoms with Crippen molar-refractivity contribution in [2.45, 2.75) is 38.0 Å². The Kier molecular flexibility index (Phi) is 9.49. The van der Waals surface area contributed by atoms with Crippen LogP contribution in [0.2, 0.25) is 0 Å². The standard InChI is InChI=1S/C22H28N2O2S/c1-2-9-20(24-21(25)16-18-10-5-3-6-11-18)22(26)23-14-15-27-17-19-12-7-4-8-13-19/h3-8,10-13,20H,2,9,14-17H2,1H3,(H,23,26)(H,24,25). The SMILES string of the molecule is CCCC(NC(=O)Cc1ccccc1)C(=O)NCCSCc1ccccc1. The van der Waals surface area contributed by atoms with Crippen LogP contribution in [0.3, 0.4) is 0 Å². The predicted octanol–water partition coefficient (Wildman–Crippen LogP) is 3.56. The molecule has 0 spiro atoms. The minimum absolute atomic E-state index is 0.0985. The molecule has 0 radical (unpaired) electrons. The summed E-state index contributed by atoms with van der Waals surface area (Å²) in [5.74, 6) is 1.56. The van der Waals surface area contributed by atoms with E-state index in [0.29, 0.717) is 19.4 Å². The normalized spacial score (nSPS) is 11.6. The number of amides is 2. The molecule has 0 bridgehead atoms. The molecule has 144 valence electrons. The van der Waals surface area contributed by atoms with Gasteiger partial charge in [0.1, 0.15) is 6.04 Å². The number of benzene rings is 2. The maximum Gasteiger partial charge on any atom is 0.242 e. The molecule has 0 aliphatic rings. The first-order valence-corrected chi connectivity index (χ1v) is 10.6. The summed E-state index contributed by atoms with van der Waals surface area (Å²) in [6.07, 6.45) is 1.78. The summed E-state index contributed by atoms with van der Waals surface area (Å²) in [4.78, 5) is 24.7. The van der Waals surface area contributed by atoms with Crippen LogP contribution in [-0.2, 0) is 21.8 Å². The van der Waals surface area contributed by atoms with E-state index in [9.17, 15) is 9.59 Å². The van der Waals surface area contributed by atoms with Gasteiger partial charge >= 0.3 is 0 Å². The lowest BCUT2D eigenvalue weighted by Gasteiger charge is -2.18. The molecule has 4 nitrogen and oxygen atoms in total. The van der Waals surface area contributed by atoms with Crippen LogP contribution in [0.5, 0.6) is 0 Å². The minimum atomic E-state index is -0.467. The first kappa shape index (κ1) is 21.0. The summed E-state index contributed by atoms with van der Waals surface area (Å²) in [5, 5.41) is 5.82. The van der Waals surface area contributed by atoms with Crippen molar-refractivity contribution in [2.24, 2.45) is 0 Å². The van der Waals surface area contributed by atoms with Crippen LogP contribution in [0.25, 0.3) is 0 Å². The average Bonchev–Trinajstić information content (AvgIpc) is 2.69. The molecule has 0 saturated carbocycles. The van der Waals surface area contributed by atoms with Gasteiger partial charge in [0.25, 0.3) is 0 Å². The third kappa shape index (κ3) is 8.31. The van der Waals surface area contributed by atoms with Gasteiger partial charge in [-0.15, -0.1) is 0 Å². The highest BCUT2D eigenvalue weighted by Gasteiger charge is 2.19. The molecule has 2 aromatic carbocycles. The molecule has 27 heavy (non-hydrogen) atoms. The maximum absolute atomic E-state index is 12.4. The van der Waals surface area contributed by atoms with Crippen molar-refractivity contribution in [1.29, 1.82) is 0 Å². The van der Waals surface area contributed by atoms with Crippen molar-refractivity contribution in [2.75, 3.05) is 12.3 Å². The fraction of sp³-hybridized carbons (Fsp3) is 0.364. The third-order valence-electron chi connectivity index (χ3n) is 4.09. The lowest BCUT2D eigenvalue weighted by Crippen LogP contribution is -2.47. The number of thioether (sulfide) groups is 1. The summed E-state index contributed by atoms with van der Waals surface area (Å²) in [7, 11) is 0. The van der Waals surface area contributed by atoms with E-state index >= 15 is 0 Å². The molecule has 1 unspecified atom stereocenters. The molecule has 0 aliphatic carbocycles. The van der Waals surface area contributed by atoms with Gasteiger partial charge in [-0.25, -0.2) is 0 Å². The number of nitrogens with one attached hydrogen (secondary N) is 2. The summed E-state index contributed by atoms with van der Waals surface area (Å²) in [6, 6.07) is 19.4. The number of carbonyl (C=O) groups excluding carboxylic acids is 2. The van der Waals surface area contributed by atoms with Crippen LogP contribution in [-0.4, -0.2) is 30.2 Å². The lowest BCUT2D eigenvalue weighted by molar-refractivity contribution is -0.128. The Labute approximate surface area is 166 Å². The van der Waals surface area contributed by atoms with Crippen molar-refractivity contribution >= 4 is 23.6 Å². The first-order chi connectivity index (χ1) is 13.2. The molecule has 0 saturated heterocycles. The van der Waals surface area contributed by atoms with E-state index in [1.165, 1.54) is 5.56 Å². The number of carbonyl (C=O) groups is 2. The van der Waals surface area contributed by atoms with E-state index in [1.807, 2.05) is 55.5 Å². The highest BCUT2D eigenvalue weighted by atomic mass is 32.2. The van der Waals surface area contributed by atoms with Crippen molar-refractivity contribution < 1.29 is 9.59 Å². The van der Waals surface area contributed by atoms with Crippen molar-refractivity contribution in [3.05, 3.63) is 71.8 Å². The van der Waals surface area contributed by atoms with Crippen LogP contribution in [0.15, 0.2) is 60.7 Å². The zero-order valence-corrected chi connectivity index (χ0v) is 16.6. The molecular weight excluding hydrogens is 356 g/mol. The molecule has 0 aliphatic heterocycles. The van der Waals surface area contributed by atoms with Gasteiger partial charge in [0.05, 0.1) is 6.42 Å². The smallest absolute Gasteiger partial charge is 0.242 e. The molecule has 0 heterocycles. The number of hydrogen-bond acceptors (Lipinski definition) is 3. The molecule has 2 N–H and O–H groups in total. The van der Waals surface area contributed by atoms with Crippen LogP contribution in [0.1, 0.15) is 30.9 Å². The average molecular weight is 385 g/mol. The molecular formula is C22H28N2O2S. The highest BCUT2D eigenvalue weighted by Crippen LogP contribution is 2.10. The molecule has 1 atom stereocenters. The molecule has 0 aromatic heterocycles. The lowest BCUT2D eigenvalue weighted by atomic mass is 10.1. The van der Waals surface area contributed by atoms with Crippen molar-refractivity contribution in [3.63, 3.8) is 0 Å². The van der Waals surface area contributed by atoms with E-state index in [4.69, 9.17) is 0 Å². The van der Waals surface area contributed by atoms with E-state index < -0.39 is 6.04 Å². The third-order valence-corrected chi connectivity index (χ3v) is 5.12. The topological polar surface area (TPSA) is 58.2 Å². The second kappa shape index (κ2) is 12.2. The Morgan fingerprint density at radius 2 is 1.59 bits per heavy atom. The highest BCUT2D eigenvalue weighted by molar-refractivity contribution is 7.98. The van der Waals surface area contributed by atoms with Gasteiger partial charge in [-0.1, -0.05) is 74.0 Å². The summed E-state index contributed by atoms with van der Waals surface area (Å²) in [6.45, 7) is 2.62. The Balaban J connectivity index is 1.70. The Bertz CT molecular complexity index is 692. The van der Waals surface area contributed by atoms with Crippen LogP contribution in [0, 0.1) is 0 Å². The molecule has 2 rings (SSSR count). The Hall–Kier alpha value is -2.27. The number of hydrogen-bond donors (Lipinski definition) is 2. The molecule has 2 aromatic rings. The van der Waals surface area contributed by atoms with Gasteiger partial charge in [-0.05, 0) is 17.5 Å². The second-order valence-corrected chi connectivity index (χ2v) is 7.51.